The first-order valence-electron chi connectivity index (χ1n) is 3.66. The maximum absolute atomic E-state index is 10.7. The highest BCUT2D eigenvalue weighted by atomic mass is 16.2. The van der Waals surface area contributed by atoms with Crippen LogP contribution in [0, 0.1) is 5.41 Å². The van der Waals surface area contributed by atoms with Gasteiger partial charge in [-0.2, -0.15) is 0 Å². The van der Waals surface area contributed by atoms with E-state index in [0.717, 1.165) is 6.42 Å². The maximum Gasteiger partial charge on any atom is 0.233 e. The first-order valence-corrected chi connectivity index (χ1v) is 3.66. The molecule has 1 amide bonds. The van der Waals surface area contributed by atoms with Crippen molar-refractivity contribution >= 4 is 5.91 Å². The lowest BCUT2D eigenvalue weighted by Gasteiger charge is -2.05. The Balaban J connectivity index is 2.10. The predicted octanol–water partition coefficient (Wildman–Crippen LogP) is 0.557. The van der Waals surface area contributed by atoms with Crippen LogP contribution >= 0.6 is 0 Å². The van der Waals surface area contributed by atoms with Crippen LogP contribution in [0.5, 0.6) is 0 Å². The smallest absolute Gasteiger partial charge is 0.233 e. The van der Waals surface area contributed by atoms with Gasteiger partial charge in [0.25, 0.3) is 0 Å². The molecule has 0 saturated heterocycles. The Morgan fingerprint density at radius 2 is 2.30 bits per heavy atom. The van der Waals surface area contributed by atoms with E-state index in [2.05, 4.69) is 12.3 Å². The number of rotatable bonds is 3. The number of hydrazine groups is 1. The van der Waals surface area contributed by atoms with E-state index in [1.165, 1.54) is 12.8 Å². The lowest BCUT2D eigenvalue weighted by Crippen LogP contribution is -2.30. The zero-order valence-corrected chi connectivity index (χ0v) is 6.31. The molecule has 3 N–H and O–H groups in total. The molecule has 0 aromatic heterocycles. The van der Waals surface area contributed by atoms with Crippen molar-refractivity contribution in [3.05, 3.63) is 0 Å². The van der Waals surface area contributed by atoms with Crippen molar-refractivity contribution in [3.63, 3.8) is 0 Å². The molecule has 1 saturated carbocycles. The topological polar surface area (TPSA) is 55.1 Å². The van der Waals surface area contributed by atoms with Gasteiger partial charge in [-0.25, -0.2) is 5.84 Å². The van der Waals surface area contributed by atoms with E-state index in [1.54, 1.807) is 0 Å². The van der Waals surface area contributed by atoms with E-state index in [0.29, 0.717) is 11.8 Å². The monoisotopic (exact) mass is 142 g/mol. The summed E-state index contributed by atoms with van der Waals surface area (Å²) >= 11 is 0. The van der Waals surface area contributed by atoms with Gasteiger partial charge < -0.3 is 0 Å². The normalized spacial score (nSPS) is 20.2. The Morgan fingerprint density at radius 1 is 1.70 bits per heavy atom. The number of amides is 1. The van der Waals surface area contributed by atoms with Gasteiger partial charge in [0.1, 0.15) is 0 Å². The zero-order chi connectivity index (χ0) is 7.61. The molecule has 0 bridgehead atoms. The number of nitrogens with one attached hydrogen (secondary N) is 1. The second-order valence-electron chi connectivity index (χ2n) is 3.38. The highest BCUT2D eigenvalue weighted by Crippen LogP contribution is 2.48. The molecule has 0 aliphatic heterocycles. The lowest BCUT2D eigenvalue weighted by molar-refractivity contribution is -0.121. The number of hydrogen-bond donors (Lipinski definition) is 2. The van der Waals surface area contributed by atoms with Gasteiger partial charge in [0.2, 0.25) is 5.91 Å². The van der Waals surface area contributed by atoms with Gasteiger partial charge in [0, 0.05) is 6.42 Å². The van der Waals surface area contributed by atoms with Crippen LogP contribution < -0.4 is 11.3 Å². The van der Waals surface area contributed by atoms with Crippen molar-refractivity contribution in [2.75, 3.05) is 0 Å². The van der Waals surface area contributed by atoms with E-state index < -0.39 is 0 Å². The average Bonchev–Trinajstić information content (AvgIpc) is 2.64. The Bertz CT molecular complexity index is 141. The highest BCUT2D eigenvalue weighted by Gasteiger charge is 2.36. The summed E-state index contributed by atoms with van der Waals surface area (Å²) in [6, 6.07) is 0. The van der Waals surface area contributed by atoms with Gasteiger partial charge >= 0.3 is 0 Å². The molecule has 3 heteroatoms. The molecular formula is C7H14N2O. The van der Waals surface area contributed by atoms with Crippen molar-refractivity contribution in [3.8, 4) is 0 Å². The van der Waals surface area contributed by atoms with Gasteiger partial charge in [-0.15, -0.1) is 0 Å². The number of carbonyl (C=O) groups is 1. The van der Waals surface area contributed by atoms with Crippen LogP contribution in [0.1, 0.15) is 32.6 Å². The van der Waals surface area contributed by atoms with E-state index in [1.807, 2.05) is 0 Å². The van der Waals surface area contributed by atoms with Crippen LogP contribution in [0.3, 0.4) is 0 Å². The zero-order valence-electron chi connectivity index (χ0n) is 6.31. The van der Waals surface area contributed by atoms with Gasteiger partial charge in [-0.3, -0.25) is 10.2 Å². The summed E-state index contributed by atoms with van der Waals surface area (Å²) in [6.45, 7) is 2.21. The Hall–Kier alpha value is -0.570. The van der Waals surface area contributed by atoms with E-state index in [-0.39, 0.29) is 5.91 Å². The molecule has 1 aliphatic rings. The summed E-state index contributed by atoms with van der Waals surface area (Å²) in [7, 11) is 0. The van der Waals surface area contributed by atoms with Gasteiger partial charge in [0.05, 0.1) is 0 Å². The fourth-order valence-corrected chi connectivity index (χ4v) is 0.951. The third kappa shape index (κ3) is 1.99. The first-order chi connectivity index (χ1) is 4.66. The molecule has 1 rings (SSSR count). The summed E-state index contributed by atoms with van der Waals surface area (Å²) in [4.78, 5) is 10.7. The summed E-state index contributed by atoms with van der Waals surface area (Å²) in [5, 5.41) is 0. The fourth-order valence-electron chi connectivity index (χ4n) is 0.951. The molecule has 0 spiro atoms. The number of hydrogen-bond acceptors (Lipinski definition) is 2. The average molecular weight is 142 g/mol. The van der Waals surface area contributed by atoms with E-state index >= 15 is 0 Å². The van der Waals surface area contributed by atoms with Crippen molar-refractivity contribution in [1.29, 1.82) is 0 Å². The Morgan fingerprint density at radius 3 is 2.70 bits per heavy atom. The van der Waals surface area contributed by atoms with Crippen molar-refractivity contribution < 1.29 is 4.79 Å². The van der Waals surface area contributed by atoms with Crippen molar-refractivity contribution in [1.82, 2.24) is 5.43 Å². The van der Waals surface area contributed by atoms with Crippen LogP contribution in [0.2, 0.25) is 0 Å². The van der Waals surface area contributed by atoms with Gasteiger partial charge in [-0.1, -0.05) is 6.92 Å². The van der Waals surface area contributed by atoms with E-state index in [9.17, 15) is 4.79 Å². The lowest BCUT2D eigenvalue weighted by atomic mass is 10.0. The molecule has 0 heterocycles. The second-order valence-corrected chi connectivity index (χ2v) is 3.38. The second kappa shape index (κ2) is 2.58. The molecule has 0 radical (unpaired) electrons. The van der Waals surface area contributed by atoms with Crippen LogP contribution in [0.4, 0.5) is 0 Å². The molecule has 0 unspecified atom stereocenters. The molecule has 3 nitrogen and oxygen atoms in total. The Labute approximate surface area is 60.9 Å². The predicted molar refractivity (Wildman–Crippen MR) is 38.9 cm³/mol. The molecule has 1 fully saturated rings. The van der Waals surface area contributed by atoms with Gasteiger partial charge in [-0.05, 0) is 24.7 Å². The maximum atomic E-state index is 10.7. The fraction of sp³-hybridized carbons (Fsp3) is 0.857. The standard InChI is InChI=1S/C7H14N2O/c1-7(4-5-7)3-2-6(10)9-8/h2-5,8H2,1H3,(H,9,10). The molecular weight excluding hydrogens is 128 g/mol. The van der Waals surface area contributed by atoms with Gasteiger partial charge in [0.15, 0.2) is 0 Å². The molecule has 0 aromatic carbocycles. The molecule has 1 aliphatic carbocycles. The number of nitrogens with two attached hydrogens (primary N) is 1. The molecule has 0 aromatic rings. The van der Waals surface area contributed by atoms with Crippen LogP contribution in [0.25, 0.3) is 0 Å². The quantitative estimate of drug-likeness (QED) is 0.343. The molecule has 0 atom stereocenters. The van der Waals surface area contributed by atoms with Crippen LogP contribution in [-0.4, -0.2) is 5.91 Å². The minimum atomic E-state index is -0.0480. The summed E-state index contributed by atoms with van der Waals surface area (Å²) < 4.78 is 0. The highest BCUT2D eigenvalue weighted by molar-refractivity contribution is 5.75. The minimum Gasteiger partial charge on any atom is -0.294 e. The van der Waals surface area contributed by atoms with Crippen LogP contribution in [-0.2, 0) is 4.79 Å². The summed E-state index contributed by atoms with van der Waals surface area (Å²) in [6.07, 6.45) is 4.10. The van der Waals surface area contributed by atoms with Crippen molar-refractivity contribution in [2.24, 2.45) is 11.3 Å². The third-order valence-corrected chi connectivity index (χ3v) is 2.22. The molecule has 58 valence electrons. The third-order valence-electron chi connectivity index (χ3n) is 2.22. The first kappa shape index (κ1) is 7.54. The van der Waals surface area contributed by atoms with E-state index in [4.69, 9.17) is 5.84 Å². The summed E-state index contributed by atoms with van der Waals surface area (Å²) in [5.74, 6) is 4.87. The molecule has 10 heavy (non-hydrogen) atoms. The van der Waals surface area contributed by atoms with Crippen LogP contribution in [0.15, 0.2) is 0 Å². The van der Waals surface area contributed by atoms with Crippen molar-refractivity contribution in [2.45, 2.75) is 32.6 Å². The number of carbonyl (C=O) groups excluding carboxylic acids is 1. The Kier molecular flexibility index (Phi) is 1.94. The SMILES string of the molecule is CC1(CCC(=O)NN)CC1. The largest absolute Gasteiger partial charge is 0.294 e. The summed E-state index contributed by atoms with van der Waals surface area (Å²) in [5.41, 5.74) is 2.59. The minimum absolute atomic E-state index is 0.0480.